The van der Waals surface area contributed by atoms with E-state index < -0.39 is 17.7 Å². The molecule has 4 nitrogen and oxygen atoms in total. The molecular weight excluding hydrogens is 620 g/mol. The Kier molecular flexibility index (Phi) is 9.43. The van der Waals surface area contributed by atoms with E-state index in [4.69, 9.17) is 23.2 Å². The monoisotopic (exact) mass is 651 g/mol. The summed E-state index contributed by atoms with van der Waals surface area (Å²) in [4.78, 5) is 17.6. The van der Waals surface area contributed by atoms with Crippen molar-refractivity contribution in [1.82, 2.24) is 9.80 Å². The topological polar surface area (TPSA) is 35.6 Å². The Labute approximate surface area is 260 Å². The van der Waals surface area contributed by atoms with Crippen LogP contribution in [0.15, 0.2) is 72.7 Å². The van der Waals surface area contributed by atoms with E-state index in [1.165, 1.54) is 17.0 Å². The normalized spacial score (nSPS) is 17.9. The van der Waals surface area contributed by atoms with Crippen LogP contribution < -0.4 is 5.32 Å². The lowest BCUT2D eigenvalue weighted by atomic mass is 9.86. The van der Waals surface area contributed by atoms with E-state index in [-0.39, 0.29) is 23.4 Å². The van der Waals surface area contributed by atoms with Crippen molar-refractivity contribution in [2.75, 3.05) is 32.0 Å². The summed E-state index contributed by atoms with van der Waals surface area (Å²) >= 11 is 12.5. The molecule has 0 aliphatic carbocycles. The largest absolute Gasteiger partial charge is 0.416 e. The number of hydrogen-bond donors (Lipinski definition) is 1. The maximum atomic E-state index is 14.2. The van der Waals surface area contributed by atoms with E-state index in [9.17, 15) is 22.4 Å². The molecule has 228 valence electrons. The molecule has 2 aliphatic rings. The summed E-state index contributed by atoms with van der Waals surface area (Å²) in [6.45, 7) is 6.38. The fourth-order valence-electron chi connectivity index (χ4n) is 6.06. The molecule has 5 rings (SSSR count). The molecule has 1 spiro atoms. The maximum Gasteiger partial charge on any atom is 0.416 e. The van der Waals surface area contributed by atoms with Gasteiger partial charge in [0.05, 0.1) is 21.5 Å². The minimum Gasteiger partial charge on any atom is -0.356 e. The summed E-state index contributed by atoms with van der Waals surface area (Å²) in [7, 11) is 2.03. The van der Waals surface area contributed by atoms with Gasteiger partial charge in [0.2, 0.25) is 5.91 Å². The molecule has 11 heteroatoms. The number of rotatable bonds is 7. The van der Waals surface area contributed by atoms with E-state index in [2.05, 4.69) is 16.8 Å². The molecule has 3 aromatic rings. The summed E-state index contributed by atoms with van der Waals surface area (Å²) in [6.07, 6.45) is -2.31. The second kappa shape index (κ2) is 12.8. The van der Waals surface area contributed by atoms with Crippen LogP contribution in [0.25, 0.3) is 0 Å². The second-order valence-corrected chi connectivity index (χ2v) is 13.9. The van der Waals surface area contributed by atoms with Crippen LogP contribution in [-0.2, 0) is 22.7 Å². The van der Waals surface area contributed by atoms with Crippen LogP contribution in [0.1, 0.15) is 47.4 Å². The fourth-order valence-corrected chi connectivity index (χ4v) is 7.96. The van der Waals surface area contributed by atoms with Gasteiger partial charge < -0.3 is 15.1 Å². The van der Waals surface area contributed by atoms with Gasteiger partial charge in [-0.2, -0.15) is 13.2 Å². The zero-order valence-corrected chi connectivity index (χ0v) is 26.1. The number of halogens is 6. The molecular formula is C32H32Cl2F4N3OP. The van der Waals surface area contributed by atoms with Gasteiger partial charge in [0, 0.05) is 29.9 Å². The molecule has 0 bridgehead atoms. The Hall–Kier alpha value is -2.64. The number of anilines is 1. The first-order valence-corrected chi connectivity index (χ1v) is 15.7. The molecule has 1 N–H and O–H groups in total. The van der Waals surface area contributed by atoms with Crippen LogP contribution in [0.5, 0.6) is 0 Å². The van der Waals surface area contributed by atoms with Crippen molar-refractivity contribution in [2.24, 2.45) is 0 Å². The lowest BCUT2D eigenvalue weighted by molar-refractivity contribution is -0.137. The first-order chi connectivity index (χ1) is 20.3. The molecule has 1 saturated heterocycles. The number of benzene rings is 3. The van der Waals surface area contributed by atoms with Crippen LogP contribution >= 0.6 is 31.8 Å². The maximum absolute atomic E-state index is 14.2. The van der Waals surface area contributed by atoms with Crippen LogP contribution in [0, 0.1) is 5.82 Å². The predicted octanol–water partition coefficient (Wildman–Crippen LogP) is 8.85. The number of likely N-dealkylation sites (tertiary alicyclic amines) is 1. The number of nitrogens with zero attached hydrogens (tertiary/aromatic N) is 2. The summed E-state index contributed by atoms with van der Waals surface area (Å²) in [6, 6.07) is 15.0. The van der Waals surface area contributed by atoms with E-state index in [1.807, 2.05) is 0 Å². The standard InChI is InChI=1S/C32H32Cl2F4N3OP/c1-20-39-29-9-7-24(35)18-26(29)31(43-20)11-14-41(15-12-31)13-10-25(22-6-8-27(33)28(34)17-22)30(42)40(2)19-21-4-3-5-23(16-21)32(36,37)38/h3-9,16-18,25,39,43H,1,10-15,19H2,2H3. The summed E-state index contributed by atoms with van der Waals surface area (Å²) in [5, 5.41) is 3.84. The van der Waals surface area contributed by atoms with E-state index in [1.54, 1.807) is 43.4 Å². The number of carbonyl (C=O) groups excluding carboxylic acids is 1. The molecule has 2 heterocycles. The smallest absolute Gasteiger partial charge is 0.356 e. The van der Waals surface area contributed by atoms with Crippen LogP contribution in [-0.4, -0.2) is 42.4 Å². The zero-order chi connectivity index (χ0) is 30.9. The van der Waals surface area contributed by atoms with E-state index in [0.29, 0.717) is 42.7 Å². The quantitative estimate of drug-likeness (QED) is 0.205. The van der Waals surface area contributed by atoms with Crippen molar-refractivity contribution >= 4 is 43.4 Å². The summed E-state index contributed by atoms with van der Waals surface area (Å²) in [5.41, 5.74) is 3.19. The van der Waals surface area contributed by atoms with Crippen LogP contribution in [0.3, 0.4) is 0 Å². The molecule has 0 radical (unpaired) electrons. The highest BCUT2D eigenvalue weighted by molar-refractivity contribution is 7.44. The second-order valence-electron chi connectivity index (χ2n) is 11.2. The third kappa shape index (κ3) is 7.20. The Morgan fingerprint density at radius 1 is 1.09 bits per heavy atom. The van der Waals surface area contributed by atoms with Gasteiger partial charge in [-0.1, -0.05) is 56.6 Å². The molecule has 2 atom stereocenters. The number of fused-ring (bicyclic) bond motifs is 2. The molecule has 3 aromatic carbocycles. The zero-order valence-electron chi connectivity index (χ0n) is 23.6. The van der Waals surface area contributed by atoms with Crippen molar-refractivity contribution in [3.8, 4) is 0 Å². The number of alkyl halides is 3. The molecule has 0 saturated carbocycles. The lowest BCUT2D eigenvalue weighted by Gasteiger charge is -2.46. The average Bonchev–Trinajstić information content (AvgIpc) is 2.96. The minimum absolute atomic E-state index is 0.0294. The molecule has 0 aromatic heterocycles. The van der Waals surface area contributed by atoms with Crippen LogP contribution in [0.2, 0.25) is 10.0 Å². The van der Waals surface area contributed by atoms with Crippen molar-refractivity contribution in [2.45, 2.75) is 43.1 Å². The number of hydrogen-bond acceptors (Lipinski definition) is 3. The molecule has 2 aliphatic heterocycles. The van der Waals surface area contributed by atoms with Gasteiger partial charge in [-0.15, -0.1) is 0 Å². The minimum atomic E-state index is -4.47. The average molecular weight is 652 g/mol. The highest BCUT2D eigenvalue weighted by atomic mass is 35.5. The summed E-state index contributed by atoms with van der Waals surface area (Å²) in [5.74, 6) is -1.04. The van der Waals surface area contributed by atoms with E-state index in [0.717, 1.165) is 54.8 Å². The fraction of sp³-hybridized carbons (Fsp3) is 0.344. The Morgan fingerprint density at radius 2 is 1.84 bits per heavy atom. The number of piperidine rings is 1. The van der Waals surface area contributed by atoms with Gasteiger partial charge in [0.1, 0.15) is 5.82 Å². The Morgan fingerprint density at radius 3 is 2.53 bits per heavy atom. The SMILES string of the molecule is C=C1Nc2ccc(F)cc2C2(CCN(CCC(C(=O)N(C)Cc3cccc(C(F)(F)F)c3)c3ccc(Cl)c(Cl)c3)CC2)P1. The molecule has 1 fully saturated rings. The van der Waals surface area contributed by atoms with Gasteiger partial charge in [-0.3, -0.25) is 4.79 Å². The third-order valence-electron chi connectivity index (χ3n) is 8.31. The van der Waals surface area contributed by atoms with Gasteiger partial charge in [-0.05, 0) is 98.1 Å². The first kappa shape index (κ1) is 31.8. The highest BCUT2D eigenvalue weighted by Gasteiger charge is 2.41. The Balaban J connectivity index is 1.30. The van der Waals surface area contributed by atoms with Gasteiger partial charge in [-0.25, -0.2) is 4.39 Å². The number of amides is 1. The number of carbonyl (C=O) groups is 1. The highest BCUT2D eigenvalue weighted by Crippen LogP contribution is 2.58. The molecule has 2 unspecified atom stereocenters. The first-order valence-electron chi connectivity index (χ1n) is 14.0. The van der Waals surface area contributed by atoms with Gasteiger partial charge in [0.15, 0.2) is 0 Å². The van der Waals surface area contributed by atoms with Crippen LogP contribution in [0.4, 0.5) is 23.2 Å². The van der Waals surface area contributed by atoms with E-state index >= 15 is 0 Å². The van der Waals surface area contributed by atoms with Gasteiger partial charge >= 0.3 is 6.18 Å². The lowest BCUT2D eigenvalue weighted by Crippen LogP contribution is -2.43. The van der Waals surface area contributed by atoms with Crippen molar-refractivity contribution in [3.05, 3.63) is 111 Å². The molecule has 43 heavy (non-hydrogen) atoms. The Bertz CT molecular complexity index is 1520. The van der Waals surface area contributed by atoms with Crippen molar-refractivity contribution < 1.29 is 22.4 Å². The number of nitrogens with one attached hydrogen (secondary N) is 1. The predicted molar refractivity (Wildman–Crippen MR) is 167 cm³/mol. The summed E-state index contributed by atoms with van der Waals surface area (Å²) < 4.78 is 54.0. The number of likely N-dealkylation sites (N-methyl/N-ethyl adjacent to an activating group) is 1. The van der Waals surface area contributed by atoms with Crippen molar-refractivity contribution in [3.63, 3.8) is 0 Å². The third-order valence-corrected chi connectivity index (χ3v) is 10.7. The van der Waals surface area contributed by atoms with Crippen molar-refractivity contribution in [1.29, 1.82) is 0 Å². The molecule has 1 amide bonds. The van der Waals surface area contributed by atoms with Gasteiger partial charge in [0.25, 0.3) is 0 Å².